The lowest BCUT2D eigenvalue weighted by atomic mass is 10.2. The third-order valence-electron chi connectivity index (χ3n) is 3.20. The minimum atomic E-state index is -0.0565. The Morgan fingerprint density at radius 1 is 1.09 bits per heavy atom. The van der Waals surface area contributed by atoms with E-state index in [0.717, 1.165) is 29.2 Å². The van der Waals surface area contributed by atoms with Crippen LogP contribution in [0.3, 0.4) is 0 Å². The van der Waals surface area contributed by atoms with Crippen LogP contribution in [0.15, 0.2) is 53.4 Å². The Kier molecular flexibility index (Phi) is 6.34. The van der Waals surface area contributed by atoms with Crippen molar-refractivity contribution in [3.05, 3.63) is 59.7 Å². The molecular weight excluding hydrogens is 294 g/mol. The van der Waals surface area contributed by atoms with Crippen molar-refractivity contribution >= 4 is 17.7 Å². The summed E-state index contributed by atoms with van der Waals surface area (Å²) < 4.78 is 5.54. The molecule has 0 radical (unpaired) electrons. The smallest absolute Gasteiger partial charge is 0.251 e. The zero-order valence-corrected chi connectivity index (χ0v) is 13.8. The van der Waals surface area contributed by atoms with Crippen molar-refractivity contribution in [2.45, 2.75) is 24.8 Å². The lowest BCUT2D eigenvalue weighted by Crippen LogP contribution is -2.22. The van der Waals surface area contributed by atoms with Crippen molar-refractivity contribution < 1.29 is 9.53 Å². The number of amides is 1. The normalized spacial score (nSPS) is 10.3. The van der Waals surface area contributed by atoms with Crippen LogP contribution in [0.4, 0.5) is 0 Å². The third-order valence-corrected chi connectivity index (χ3v) is 3.95. The van der Waals surface area contributed by atoms with Crippen LogP contribution in [0.1, 0.15) is 29.3 Å². The van der Waals surface area contributed by atoms with Crippen LogP contribution < -0.4 is 10.1 Å². The standard InChI is InChI=1S/C18H21NO2S/c1-3-12-21-16-8-4-14(5-9-16)13-19-18(20)15-6-10-17(22-2)11-7-15/h4-11H,3,12-13H2,1-2H3,(H,19,20). The largest absolute Gasteiger partial charge is 0.494 e. The van der Waals surface area contributed by atoms with Crippen molar-refractivity contribution in [2.75, 3.05) is 12.9 Å². The van der Waals surface area contributed by atoms with Gasteiger partial charge in [-0.05, 0) is 54.6 Å². The molecule has 0 aliphatic carbocycles. The van der Waals surface area contributed by atoms with Gasteiger partial charge in [0.2, 0.25) is 0 Å². The zero-order chi connectivity index (χ0) is 15.8. The van der Waals surface area contributed by atoms with Gasteiger partial charge in [0, 0.05) is 17.0 Å². The molecule has 116 valence electrons. The second-order valence-electron chi connectivity index (χ2n) is 4.90. The number of hydrogen-bond acceptors (Lipinski definition) is 3. The molecular formula is C18H21NO2S. The van der Waals surface area contributed by atoms with Crippen LogP contribution in [0.25, 0.3) is 0 Å². The molecule has 22 heavy (non-hydrogen) atoms. The highest BCUT2D eigenvalue weighted by atomic mass is 32.2. The summed E-state index contributed by atoms with van der Waals surface area (Å²) in [6.45, 7) is 3.31. The number of hydrogen-bond donors (Lipinski definition) is 1. The molecule has 0 saturated carbocycles. The summed E-state index contributed by atoms with van der Waals surface area (Å²) in [5, 5.41) is 2.93. The van der Waals surface area contributed by atoms with E-state index in [1.54, 1.807) is 11.8 Å². The molecule has 0 fully saturated rings. The van der Waals surface area contributed by atoms with Crippen LogP contribution in [0.2, 0.25) is 0 Å². The molecule has 2 aromatic rings. The highest BCUT2D eigenvalue weighted by Crippen LogP contribution is 2.15. The van der Waals surface area contributed by atoms with Gasteiger partial charge in [0.1, 0.15) is 5.75 Å². The average molecular weight is 315 g/mol. The van der Waals surface area contributed by atoms with Crippen molar-refractivity contribution in [1.29, 1.82) is 0 Å². The van der Waals surface area contributed by atoms with Gasteiger partial charge in [-0.25, -0.2) is 0 Å². The molecule has 0 atom stereocenters. The molecule has 2 rings (SSSR count). The molecule has 1 amide bonds. The molecule has 0 heterocycles. The molecule has 4 heteroatoms. The summed E-state index contributed by atoms with van der Waals surface area (Å²) in [6.07, 6.45) is 3.01. The lowest BCUT2D eigenvalue weighted by Gasteiger charge is -2.08. The van der Waals surface area contributed by atoms with Gasteiger partial charge in [-0.2, -0.15) is 0 Å². The van der Waals surface area contributed by atoms with E-state index in [0.29, 0.717) is 12.1 Å². The predicted octanol–water partition coefficient (Wildman–Crippen LogP) is 4.13. The molecule has 0 aliphatic heterocycles. The molecule has 0 bridgehead atoms. The first-order valence-electron chi connectivity index (χ1n) is 7.37. The molecule has 0 spiro atoms. The maximum Gasteiger partial charge on any atom is 0.251 e. The number of benzene rings is 2. The summed E-state index contributed by atoms with van der Waals surface area (Å²) in [6, 6.07) is 15.4. The molecule has 0 unspecified atom stereocenters. The Balaban J connectivity index is 1.87. The number of thioether (sulfide) groups is 1. The molecule has 2 aromatic carbocycles. The number of ether oxygens (including phenoxy) is 1. The van der Waals surface area contributed by atoms with Gasteiger partial charge in [-0.3, -0.25) is 4.79 Å². The Morgan fingerprint density at radius 2 is 1.77 bits per heavy atom. The van der Waals surface area contributed by atoms with Gasteiger partial charge in [0.25, 0.3) is 5.91 Å². The van der Waals surface area contributed by atoms with E-state index in [4.69, 9.17) is 4.74 Å². The summed E-state index contributed by atoms with van der Waals surface area (Å²) in [7, 11) is 0. The first-order chi connectivity index (χ1) is 10.7. The van der Waals surface area contributed by atoms with Crippen LogP contribution in [0, 0.1) is 0 Å². The van der Waals surface area contributed by atoms with Gasteiger partial charge in [0.15, 0.2) is 0 Å². The van der Waals surface area contributed by atoms with Gasteiger partial charge in [-0.1, -0.05) is 19.1 Å². The topological polar surface area (TPSA) is 38.3 Å². The maximum absolute atomic E-state index is 12.1. The highest BCUT2D eigenvalue weighted by Gasteiger charge is 2.05. The number of carbonyl (C=O) groups is 1. The molecule has 0 aliphatic rings. The quantitative estimate of drug-likeness (QED) is 0.781. The van der Waals surface area contributed by atoms with Crippen LogP contribution in [-0.4, -0.2) is 18.8 Å². The van der Waals surface area contributed by atoms with Gasteiger partial charge in [0.05, 0.1) is 6.61 Å². The molecule has 3 nitrogen and oxygen atoms in total. The minimum Gasteiger partial charge on any atom is -0.494 e. The summed E-state index contributed by atoms with van der Waals surface area (Å²) >= 11 is 1.66. The van der Waals surface area contributed by atoms with Crippen LogP contribution in [-0.2, 0) is 6.54 Å². The maximum atomic E-state index is 12.1. The lowest BCUT2D eigenvalue weighted by molar-refractivity contribution is 0.0951. The SMILES string of the molecule is CCCOc1ccc(CNC(=O)c2ccc(SC)cc2)cc1. The van der Waals surface area contributed by atoms with Crippen molar-refractivity contribution in [1.82, 2.24) is 5.32 Å². The van der Waals surface area contributed by atoms with E-state index in [1.807, 2.05) is 54.8 Å². The third kappa shape index (κ3) is 4.81. The van der Waals surface area contributed by atoms with Crippen LogP contribution >= 0.6 is 11.8 Å². The summed E-state index contributed by atoms with van der Waals surface area (Å²) in [5.74, 6) is 0.809. The fraction of sp³-hybridized carbons (Fsp3) is 0.278. The fourth-order valence-corrected chi connectivity index (χ4v) is 2.36. The van der Waals surface area contributed by atoms with Gasteiger partial charge >= 0.3 is 0 Å². The summed E-state index contributed by atoms with van der Waals surface area (Å²) in [5.41, 5.74) is 1.73. The second kappa shape index (κ2) is 8.49. The number of carbonyl (C=O) groups excluding carboxylic acids is 1. The Bertz CT molecular complexity index is 593. The summed E-state index contributed by atoms with van der Waals surface area (Å²) in [4.78, 5) is 13.2. The van der Waals surface area contributed by atoms with E-state index in [9.17, 15) is 4.79 Å². The first-order valence-corrected chi connectivity index (χ1v) is 8.59. The first kappa shape index (κ1) is 16.4. The highest BCUT2D eigenvalue weighted by molar-refractivity contribution is 7.98. The molecule has 0 saturated heterocycles. The zero-order valence-electron chi connectivity index (χ0n) is 13.0. The van der Waals surface area contributed by atoms with E-state index >= 15 is 0 Å². The monoisotopic (exact) mass is 315 g/mol. The molecule has 0 aromatic heterocycles. The Morgan fingerprint density at radius 3 is 2.36 bits per heavy atom. The number of rotatable bonds is 7. The fourth-order valence-electron chi connectivity index (χ4n) is 1.95. The van der Waals surface area contributed by atoms with E-state index < -0.39 is 0 Å². The number of nitrogens with one attached hydrogen (secondary N) is 1. The van der Waals surface area contributed by atoms with E-state index in [-0.39, 0.29) is 5.91 Å². The van der Waals surface area contributed by atoms with E-state index in [2.05, 4.69) is 12.2 Å². The van der Waals surface area contributed by atoms with Crippen LogP contribution in [0.5, 0.6) is 5.75 Å². The van der Waals surface area contributed by atoms with Crippen molar-refractivity contribution in [2.24, 2.45) is 0 Å². The molecule has 1 N–H and O–H groups in total. The van der Waals surface area contributed by atoms with E-state index in [1.165, 1.54) is 0 Å². The Labute approximate surface area is 136 Å². The minimum absolute atomic E-state index is 0.0565. The van der Waals surface area contributed by atoms with Crippen molar-refractivity contribution in [3.8, 4) is 5.75 Å². The van der Waals surface area contributed by atoms with Gasteiger partial charge in [-0.15, -0.1) is 11.8 Å². The Hall–Kier alpha value is -1.94. The van der Waals surface area contributed by atoms with Crippen molar-refractivity contribution in [3.63, 3.8) is 0 Å². The average Bonchev–Trinajstić information content (AvgIpc) is 2.58. The second-order valence-corrected chi connectivity index (χ2v) is 5.78. The van der Waals surface area contributed by atoms with Gasteiger partial charge < -0.3 is 10.1 Å². The predicted molar refractivity (Wildman–Crippen MR) is 91.6 cm³/mol.